The Hall–Kier alpha value is -2.91. The van der Waals surface area contributed by atoms with Gasteiger partial charge in [-0.1, -0.05) is 55.6 Å². The Morgan fingerprint density at radius 1 is 1.18 bits per heavy atom. The zero-order chi connectivity index (χ0) is 27.8. The van der Waals surface area contributed by atoms with Crippen molar-refractivity contribution in [1.29, 1.82) is 0 Å². The molecule has 1 aromatic heterocycles. The molecule has 0 spiro atoms. The average Bonchev–Trinajstić information content (AvgIpc) is 3.35. The Labute approximate surface area is 236 Å². The first kappa shape index (κ1) is 29.6. The summed E-state index contributed by atoms with van der Waals surface area (Å²) in [5.41, 5.74) is 3.05. The SMILES string of the molecule is CCCO[C@H](CCC)c1cccc(-c2csc(NC(=O)c3cc(Cl)c(/C=C(\C)C(=O)O)c(Cl)c3)n2)c1OC. The quantitative estimate of drug-likeness (QED) is 0.211. The molecule has 38 heavy (non-hydrogen) atoms. The Kier molecular flexibility index (Phi) is 10.7. The molecule has 0 aliphatic carbocycles. The van der Waals surface area contributed by atoms with Gasteiger partial charge in [0.1, 0.15) is 5.75 Å². The van der Waals surface area contributed by atoms with Gasteiger partial charge in [0.25, 0.3) is 5.91 Å². The summed E-state index contributed by atoms with van der Waals surface area (Å²) < 4.78 is 11.9. The van der Waals surface area contributed by atoms with Crippen molar-refractivity contribution in [3.8, 4) is 17.0 Å². The van der Waals surface area contributed by atoms with Crippen LogP contribution in [0.4, 0.5) is 5.13 Å². The highest BCUT2D eigenvalue weighted by molar-refractivity contribution is 7.14. The third-order valence-corrected chi connectivity index (χ3v) is 7.09. The van der Waals surface area contributed by atoms with Crippen LogP contribution in [0.2, 0.25) is 10.0 Å². The molecule has 1 heterocycles. The van der Waals surface area contributed by atoms with Crippen molar-refractivity contribution in [3.05, 3.63) is 68.0 Å². The summed E-state index contributed by atoms with van der Waals surface area (Å²) in [6.45, 7) is 6.29. The minimum atomic E-state index is -1.09. The molecule has 3 rings (SSSR count). The number of hydrogen-bond acceptors (Lipinski definition) is 6. The van der Waals surface area contributed by atoms with Crippen molar-refractivity contribution >= 4 is 57.6 Å². The highest BCUT2D eigenvalue weighted by Gasteiger charge is 2.21. The van der Waals surface area contributed by atoms with E-state index >= 15 is 0 Å². The molecule has 0 unspecified atom stereocenters. The summed E-state index contributed by atoms with van der Waals surface area (Å²) in [5.74, 6) is -0.837. The van der Waals surface area contributed by atoms with E-state index in [0.29, 0.717) is 28.7 Å². The van der Waals surface area contributed by atoms with Gasteiger partial charge in [0.15, 0.2) is 5.13 Å². The van der Waals surface area contributed by atoms with Crippen molar-refractivity contribution in [3.63, 3.8) is 0 Å². The van der Waals surface area contributed by atoms with Crippen molar-refractivity contribution in [1.82, 2.24) is 4.98 Å². The zero-order valence-electron chi connectivity index (χ0n) is 21.6. The summed E-state index contributed by atoms with van der Waals surface area (Å²) >= 11 is 13.9. The van der Waals surface area contributed by atoms with E-state index in [1.165, 1.54) is 36.5 Å². The molecule has 2 N–H and O–H groups in total. The number of rotatable bonds is 12. The first-order valence-corrected chi connectivity index (χ1v) is 13.8. The van der Waals surface area contributed by atoms with Crippen LogP contribution in [-0.4, -0.2) is 35.7 Å². The van der Waals surface area contributed by atoms with Crippen LogP contribution in [0.1, 0.15) is 67.6 Å². The van der Waals surface area contributed by atoms with Gasteiger partial charge >= 0.3 is 5.97 Å². The number of aromatic nitrogens is 1. The molecule has 0 aliphatic heterocycles. The van der Waals surface area contributed by atoms with Crippen molar-refractivity contribution in [2.75, 3.05) is 19.0 Å². The normalized spacial score (nSPS) is 12.3. The number of para-hydroxylation sites is 1. The first-order valence-electron chi connectivity index (χ1n) is 12.2. The monoisotopic (exact) mass is 576 g/mol. The number of methoxy groups -OCH3 is 1. The van der Waals surface area contributed by atoms with E-state index in [1.54, 1.807) is 7.11 Å². The second-order valence-electron chi connectivity index (χ2n) is 8.55. The fourth-order valence-corrected chi connectivity index (χ4v) is 5.15. The van der Waals surface area contributed by atoms with E-state index in [2.05, 4.69) is 24.1 Å². The molecule has 7 nitrogen and oxygen atoms in total. The predicted molar refractivity (Wildman–Crippen MR) is 154 cm³/mol. The maximum atomic E-state index is 12.9. The lowest BCUT2D eigenvalue weighted by Gasteiger charge is -2.21. The molecule has 2 aromatic carbocycles. The number of nitrogens with one attached hydrogen (secondary N) is 1. The van der Waals surface area contributed by atoms with Crippen molar-refractivity contribution < 1.29 is 24.2 Å². The fraction of sp³-hybridized carbons (Fsp3) is 0.321. The number of thiazole rings is 1. The Morgan fingerprint density at radius 3 is 2.50 bits per heavy atom. The van der Waals surface area contributed by atoms with Crippen LogP contribution in [0.15, 0.2) is 41.3 Å². The van der Waals surface area contributed by atoms with Gasteiger partial charge in [-0.05, 0) is 44.0 Å². The van der Waals surface area contributed by atoms with Gasteiger partial charge in [-0.3, -0.25) is 10.1 Å². The highest BCUT2D eigenvalue weighted by Crippen LogP contribution is 2.40. The number of halogens is 2. The van der Waals surface area contributed by atoms with Gasteiger partial charge in [0.2, 0.25) is 0 Å². The van der Waals surface area contributed by atoms with Gasteiger partial charge in [-0.25, -0.2) is 9.78 Å². The van der Waals surface area contributed by atoms with Gasteiger partial charge in [0.05, 0.1) is 29.0 Å². The fourth-order valence-electron chi connectivity index (χ4n) is 3.84. The number of carbonyl (C=O) groups excluding carboxylic acids is 1. The second kappa shape index (κ2) is 13.8. The Bertz CT molecular complexity index is 1320. The molecule has 0 bridgehead atoms. The molecule has 3 aromatic rings. The van der Waals surface area contributed by atoms with Crippen LogP contribution in [0.5, 0.6) is 5.75 Å². The summed E-state index contributed by atoms with van der Waals surface area (Å²) in [7, 11) is 1.63. The van der Waals surface area contributed by atoms with Gasteiger partial charge in [0, 0.05) is 39.8 Å². The van der Waals surface area contributed by atoms with Crippen LogP contribution in [0.3, 0.4) is 0 Å². The Morgan fingerprint density at radius 2 is 1.89 bits per heavy atom. The summed E-state index contributed by atoms with van der Waals surface area (Å²) in [6, 6.07) is 8.77. The number of aliphatic carboxylic acids is 1. The molecule has 0 saturated heterocycles. The van der Waals surface area contributed by atoms with E-state index in [4.69, 9.17) is 37.8 Å². The van der Waals surface area contributed by atoms with Gasteiger partial charge in [-0.2, -0.15) is 0 Å². The summed E-state index contributed by atoms with van der Waals surface area (Å²) in [4.78, 5) is 28.7. The molecular formula is C28H30Cl2N2O5S. The van der Waals surface area contributed by atoms with Gasteiger partial charge in [-0.15, -0.1) is 11.3 Å². The van der Waals surface area contributed by atoms with Crippen LogP contribution in [0, 0.1) is 0 Å². The van der Waals surface area contributed by atoms with Crippen LogP contribution >= 0.6 is 34.5 Å². The lowest BCUT2D eigenvalue weighted by atomic mass is 9.99. The molecule has 0 radical (unpaired) electrons. The first-order chi connectivity index (χ1) is 18.2. The number of nitrogens with zero attached hydrogens (tertiary/aromatic N) is 1. The average molecular weight is 578 g/mol. The predicted octanol–water partition coefficient (Wildman–Crippen LogP) is 8.13. The van der Waals surface area contributed by atoms with E-state index in [0.717, 1.165) is 30.4 Å². The number of hydrogen-bond donors (Lipinski definition) is 2. The smallest absolute Gasteiger partial charge is 0.331 e. The van der Waals surface area contributed by atoms with Crippen LogP contribution < -0.4 is 10.1 Å². The maximum absolute atomic E-state index is 12.9. The summed E-state index contributed by atoms with van der Waals surface area (Å²) in [5, 5.41) is 14.5. The minimum Gasteiger partial charge on any atom is -0.496 e. The molecule has 1 amide bonds. The summed E-state index contributed by atoms with van der Waals surface area (Å²) in [6.07, 6.45) is 4.04. The molecule has 1 atom stereocenters. The molecule has 202 valence electrons. The minimum absolute atomic E-state index is 0.0683. The molecule has 0 fully saturated rings. The van der Waals surface area contributed by atoms with E-state index in [-0.39, 0.29) is 27.3 Å². The number of carboxylic acids is 1. The number of benzene rings is 2. The van der Waals surface area contributed by atoms with Crippen LogP contribution in [-0.2, 0) is 9.53 Å². The molecule has 0 aliphatic rings. The third kappa shape index (κ3) is 7.14. The van der Waals surface area contributed by atoms with Crippen molar-refractivity contribution in [2.24, 2.45) is 0 Å². The maximum Gasteiger partial charge on any atom is 0.331 e. The standard InChI is InChI=1S/C28H30Cl2N2O5S/c1-5-8-24(37-11-6-2)19-10-7-9-18(25(19)36-4)23-15-38-28(31-23)32-26(33)17-13-21(29)20(22(30)14-17)12-16(3)27(34)35/h7,9-10,12-15,24H,5-6,8,11H2,1-4H3,(H,34,35)(H,31,32,33)/b16-12+/t24-/m1/s1. The second-order valence-corrected chi connectivity index (χ2v) is 10.2. The van der Waals surface area contributed by atoms with E-state index in [9.17, 15) is 9.59 Å². The lowest BCUT2D eigenvalue weighted by molar-refractivity contribution is -0.132. The number of carbonyl (C=O) groups is 2. The molecular weight excluding hydrogens is 547 g/mol. The number of anilines is 1. The largest absolute Gasteiger partial charge is 0.496 e. The number of carboxylic acid groups (broad SMARTS) is 1. The molecule has 10 heteroatoms. The number of amides is 1. The Balaban J connectivity index is 1.86. The number of ether oxygens (including phenoxy) is 2. The van der Waals surface area contributed by atoms with E-state index in [1.807, 2.05) is 23.6 Å². The van der Waals surface area contributed by atoms with E-state index < -0.39 is 11.9 Å². The van der Waals surface area contributed by atoms with Crippen LogP contribution in [0.25, 0.3) is 17.3 Å². The van der Waals surface area contributed by atoms with Gasteiger partial charge < -0.3 is 14.6 Å². The molecule has 0 saturated carbocycles. The van der Waals surface area contributed by atoms with Crippen molar-refractivity contribution in [2.45, 2.75) is 46.1 Å². The lowest BCUT2D eigenvalue weighted by Crippen LogP contribution is -2.12. The topological polar surface area (TPSA) is 97.8 Å². The third-order valence-electron chi connectivity index (χ3n) is 5.71. The zero-order valence-corrected chi connectivity index (χ0v) is 24.0. The highest BCUT2D eigenvalue weighted by atomic mass is 35.5.